The molecule has 1 N–H and O–H groups in total. The topological polar surface area (TPSA) is 58.1 Å². The van der Waals surface area contributed by atoms with Crippen LogP contribution in [0.3, 0.4) is 0 Å². The number of nitrogens with zero attached hydrogens (tertiary/aromatic N) is 3. The van der Waals surface area contributed by atoms with Crippen LogP contribution >= 0.6 is 11.6 Å². The highest BCUT2D eigenvalue weighted by Crippen LogP contribution is 2.54. The third-order valence-corrected chi connectivity index (χ3v) is 7.91. The van der Waals surface area contributed by atoms with E-state index in [0.29, 0.717) is 18.1 Å². The first-order valence-corrected chi connectivity index (χ1v) is 14.8. The molecule has 0 bridgehead atoms. The van der Waals surface area contributed by atoms with E-state index in [2.05, 4.69) is 61.3 Å². The minimum absolute atomic E-state index is 0.0968. The zero-order valence-electron chi connectivity index (χ0n) is 24.2. The maximum atomic E-state index is 14.9. The minimum atomic E-state index is -1.14. The summed E-state index contributed by atoms with van der Waals surface area (Å²) >= 11 is 6.13. The van der Waals surface area contributed by atoms with Gasteiger partial charge in [-0.2, -0.15) is 0 Å². The summed E-state index contributed by atoms with van der Waals surface area (Å²) in [6, 6.07) is 27.9. The van der Waals surface area contributed by atoms with Crippen LogP contribution in [-0.2, 0) is 16.9 Å². The molecule has 0 aliphatic carbocycles. The number of anilines is 1. The summed E-state index contributed by atoms with van der Waals surface area (Å²) in [5, 5.41) is 3.97. The van der Waals surface area contributed by atoms with Gasteiger partial charge in [-0.05, 0) is 48.2 Å². The molecule has 1 aliphatic rings. The maximum absolute atomic E-state index is 14.9. The number of nitrogens with one attached hydrogen (secondary N) is 1. The molecule has 41 heavy (non-hydrogen) atoms. The van der Waals surface area contributed by atoms with E-state index < -0.39 is 5.54 Å². The molecule has 0 saturated carbocycles. The van der Waals surface area contributed by atoms with Gasteiger partial charge in [0.2, 0.25) is 0 Å². The lowest BCUT2D eigenvalue weighted by atomic mass is 9.79. The van der Waals surface area contributed by atoms with Gasteiger partial charge in [-0.15, -0.1) is 0 Å². The second-order valence-electron chi connectivity index (χ2n) is 10.9. The van der Waals surface area contributed by atoms with E-state index in [9.17, 15) is 4.79 Å². The van der Waals surface area contributed by atoms with Crippen molar-refractivity contribution in [3.05, 3.63) is 124 Å². The molecule has 0 saturated heterocycles. The van der Waals surface area contributed by atoms with Gasteiger partial charge in [0.1, 0.15) is 11.6 Å². The Morgan fingerprint density at radius 2 is 1.63 bits per heavy atom. The summed E-state index contributed by atoms with van der Waals surface area (Å²) in [5.41, 5.74) is 4.45. The molecule has 6 heteroatoms. The molecule has 1 unspecified atom stereocenters. The van der Waals surface area contributed by atoms with Gasteiger partial charge in [0.15, 0.2) is 5.54 Å². The average molecular weight is 565 g/mol. The van der Waals surface area contributed by atoms with Crippen molar-refractivity contribution in [1.29, 1.82) is 0 Å². The van der Waals surface area contributed by atoms with Crippen molar-refractivity contribution in [3.63, 3.8) is 0 Å². The molecule has 210 valence electrons. The van der Waals surface area contributed by atoms with Crippen LogP contribution in [-0.4, -0.2) is 22.4 Å². The predicted octanol–water partition coefficient (Wildman–Crippen LogP) is 7.93. The largest absolute Gasteiger partial charge is 0.349 e. The zero-order valence-corrected chi connectivity index (χ0v) is 24.9. The Hall–Kier alpha value is -3.96. The summed E-state index contributed by atoms with van der Waals surface area (Å²) < 4.78 is 0. The second kappa shape index (κ2) is 12.3. The first-order valence-electron chi connectivity index (χ1n) is 14.4. The van der Waals surface area contributed by atoms with E-state index in [1.54, 1.807) is 0 Å². The quantitative estimate of drug-likeness (QED) is 0.224. The molecular weight excluding hydrogens is 528 g/mol. The molecular formula is C35H37ClN4O. The zero-order chi connectivity index (χ0) is 29.0. The minimum Gasteiger partial charge on any atom is -0.349 e. The van der Waals surface area contributed by atoms with Gasteiger partial charge in [0.25, 0.3) is 5.91 Å². The third kappa shape index (κ3) is 5.51. The number of hydrogen-bond donors (Lipinski definition) is 1. The van der Waals surface area contributed by atoms with Crippen molar-refractivity contribution < 1.29 is 4.79 Å². The number of benzene rings is 3. The van der Waals surface area contributed by atoms with Gasteiger partial charge in [0, 0.05) is 35.2 Å². The van der Waals surface area contributed by atoms with Crippen LogP contribution < -0.4 is 10.2 Å². The van der Waals surface area contributed by atoms with E-state index in [0.717, 1.165) is 58.0 Å². The second-order valence-corrected chi connectivity index (χ2v) is 11.3. The van der Waals surface area contributed by atoms with E-state index in [1.807, 2.05) is 67.6 Å². The molecule has 1 amide bonds. The van der Waals surface area contributed by atoms with Crippen LogP contribution in [0.4, 0.5) is 5.82 Å². The van der Waals surface area contributed by atoms with E-state index in [1.165, 1.54) is 0 Å². The van der Waals surface area contributed by atoms with Gasteiger partial charge in [-0.3, -0.25) is 4.79 Å². The molecule has 1 aliphatic heterocycles. The van der Waals surface area contributed by atoms with Gasteiger partial charge in [-0.1, -0.05) is 112 Å². The van der Waals surface area contributed by atoms with Crippen molar-refractivity contribution in [2.75, 3.05) is 11.4 Å². The van der Waals surface area contributed by atoms with Crippen molar-refractivity contribution in [2.24, 2.45) is 0 Å². The Balaban J connectivity index is 1.78. The average Bonchev–Trinajstić information content (AvgIpc) is 3.26. The van der Waals surface area contributed by atoms with E-state index >= 15 is 0 Å². The molecule has 0 radical (unpaired) electrons. The number of aromatic nitrogens is 2. The van der Waals surface area contributed by atoms with Gasteiger partial charge >= 0.3 is 0 Å². The fourth-order valence-corrected chi connectivity index (χ4v) is 5.72. The van der Waals surface area contributed by atoms with Crippen LogP contribution in [0.5, 0.6) is 0 Å². The first kappa shape index (κ1) is 28.6. The highest BCUT2D eigenvalue weighted by atomic mass is 35.5. The summed E-state index contributed by atoms with van der Waals surface area (Å²) in [5.74, 6) is 1.66. The molecule has 4 aromatic rings. The Morgan fingerprint density at radius 3 is 2.27 bits per heavy atom. The van der Waals surface area contributed by atoms with Crippen LogP contribution in [0, 0.1) is 6.92 Å². The van der Waals surface area contributed by atoms with Crippen LogP contribution in [0.25, 0.3) is 11.6 Å². The molecule has 0 spiro atoms. The summed E-state index contributed by atoms with van der Waals surface area (Å²) in [4.78, 5) is 27.2. The Bertz CT molecular complexity index is 1530. The van der Waals surface area contributed by atoms with Crippen molar-refractivity contribution >= 4 is 35.0 Å². The lowest BCUT2D eigenvalue weighted by Crippen LogP contribution is -2.55. The molecule has 2 heterocycles. The third-order valence-electron chi connectivity index (χ3n) is 7.66. The fourth-order valence-electron chi connectivity index (χ4n) is 5.59. The number of rotatable bonds is 9. The fraction of sp³-hybridized carbons (Fsp3) is 0.286. The van der Waals surface area contributed by atoms with Crippen molar-refractivity contribution in [2.45, 2.75) is 58.5 Å². The molecule has 3 aromatic carbocycles. The number of carbonyl (C=O) groups excluding carboxylic acids is 1. The number of fused-ring (bicyclic) bond motifs is 1. The normalized spacial score (nSPS) is 17.2. The van der Waals surface area contributed by atoms with Crippen LogP contribution in [0.15, 0.2) is 84.9 Å². The molecule has 1 atom stereocenters. The van der Waals surface area contributed by atoms with Gasteiger partial charge < -0.3 is 10.2 Å². The van der Waals surface area contributed by atoms with E-state index in [4.69, 9.17) is 21.6 Å². The Kier molecular flexibility index (Phi) is 8.55. The summed E-state index contributed by atoms with van der Waals surface area (Å²) in [6.07, 6.45) is 4.05. The standard InChI is InChI=1S/C35H37ClN4O/c1-5-6-21-40-33-31(25(4)38-32(39-33)24(2)3)30(22-26-13-9-7-10-14-26)35(40,28-15-11-8-12-16-28)34(41)37-23-27-17-19-29(36)20-18-27/h7-20,22,24H,5-6,21,23H2,1-4H3,(H,37,41)/b30-22-. The summed E-state index contributed by atoms with van der Waals surface area (Å²) in [6.45, 7) is 9.48. The highest BCUT2D eigenvalue weighted by molar-refractivity contribution is 6.30. The van der Waals surface area contributed by atoms with Crippen LogP contribution in [0.2, 0.25) is 5.02 Å². The lowest BCUT2D eigenvalue weighted by Gasteiger charge is -2.40. The van der Waals surface area contributed by atoms with Crippen molar-refractivity contribution in [1.82, 2.24) is 15.3 Å². The molecule has 0 fully saturated rings. The van der Waals surface area contributed by atoms with Gasteiger partial charge in [-0.25, -0.2) is 9.97 Å². The van der Waals surface area contributed by atoms with E-state index in [-0.39, 0.29) is 11.8 Å². The lowest BCUT2D eigenvalue weighted by molar-refractivity contribution is -0.124. The van der Waals surface area contributed by atoms with Crippen molar-refractivity contribution in [3.8, 4) is 0 Å². The maximum Gasteiger partial charge on any atom is 0.255 e. The SMILES string of the molecule is CCCCN1c2nc(C(C)C)nc(C)c2/C(=C/c2ccccc2)C1(C(=O)NCc1ccc(Cl)cc1)c1ccccc1. The number of aryl methyl sites for hydroxylation is 1. The number of unbranched alkanes of at least 4 members (excludes halogenated alkanes) is 1. The number of amides is 1. The number of halogens is 1. The highest BCUT2D eigenvalue weighted by Gasteiger charge is 2.56. The number of carbonyl (C=O) groups is 1. The van der Waals surface area contributed by atoms with Crippen LogP contribution in [0.1, 0.15) is 73.3 Å². The Morgan fingerprint density at radius 1 is 0.976 bits per heavy atom. The molecule has 1 aromatic heterocycles. The first-order chi connectivity index (χ1) is 19.9. The van der Waals surface area contributed by atoms with Gasteiger partial charge in [0.05, 0.1) is 5.69 Å². The smallest absolute Gasteiger partial charge is 0.255 e. The monoisotopic (exact) mass is 564 g/mol. The predicted molar refractivity (Wildman–Crippen MR) is 169 cm³/mol. The Labute approximate surface area is 248 Å². The molecule has 5 nitrogen and oxygen atoms in total. The molecule has 5 rings (SSSR count). The number of hydrogen-bond acceptors (Lipinski definition) is 4. The summed E-state index contributed by atoms with van der Waals surface area (Å²) in [7, 11) is 0.